The molecule has 0 aromatic carbocycles. The molecule has 0 spiro atoms. The third kappa shape index (κ3) is 4.00. The van der Waals surface area contributed by atoms with Gasteiger partial charge in [-0.25, -0.2) is 4.98 Å². The van der Waals surface area contributed by atoms with Crippen LogP contribution in [0.2, 0.25) is 0 Å². The van der Waals surface area contributed by atoms with Gasteiger partial charge in [0, 0.05) is 61.9 Å². The number of fused-ring (bicyclic) bond motifs is 1. The van der Waals surface area contributed by atoms with E-state index in [0.29, 0.717) is 57.0 Å². The largest absolute Gasteiger partial charge is 0.342 e. The molecule has 164 valence electrons. The summed E-state index contributed by atoms with van der Waals surface area (Å²) >= 11 is 0. The van der Waals surface area contributed by atoms with Crippen LogP contribution in [0, 0.1) is 12.8 Å². The summed E-state index contributed by atoms with van der Waals surface area (Å²) in [5.41, 5.74) is 2.36. The van der Waals surface area contributed by atoms with E-state index < -0.39 is 0 Å². The van der Waals surface area contributed by atoms with Gasteiger partial charge < -0.3 is 14.8 Å². The van der Waals surface area contributed by atoms with Crippen LogP contribution in [-0.2, 0) is 29.1 Å². The van der Waals surface area contributed by atoms with Crippen LogP contribution in [0.15, 0.2) is 17.1 Å². The van der Waals surface area contributed by atoms with Gasteiger partial charge in [0.15, 0.2) is 0 Å². The Morgan fingerprint density at radius 1 is 1.19 bits per heavy atom. The van der Waals surface area contributed by atoms with Crippen LogP contribution in [0.1, 0.15) is 54.4 Å². The minimum Gasteiger partial charge on any atom is -0.342 e. The Labute approximate surface area is 180 Å². The van der Waals surface area contributed by atoms with Gasteiger partial charge >= 0.3 is 0 Å². The third-order valence-corrected chi connectivity index (χ3v) is 6.72. The maximum absolute atomic E-state index is 12.7. The number of aromatic amines is 1. The molecule has 5 rings (SSSR count). The smallest absolute Gasteiger partial charge is 0.254 e. The lowest BCUT2D eigenvalue weighted by Crippen LogP contribution is -2.40. The maximum Gasteiger partial charge on any atom is 0.254 e. The van der Waals surface area contributed by atoms with Crippen molar-refractivity contribution in [3.05, 3.63) is 45.4 Å². The first-order valence-corrected chi connectivity index (χ1v) is 11.2. The predicted molar refractivity (Wildman–Crippen MR) is 112 cm³/mol. The fourth-order valence-corrected chi connectivity index (χ4v) is 4.63. The van der Waals surface area contributed by atoms with Gasteiger partial charge in [0.05, 0.1) is 12.2 Å². The van der Waals surface area contributed by atoms with Gasteiger partial charge in [-0.2, -0.15) is 5.10 Å². The van der Waals surface area contributed by atoms with Crippen molar-refractivity contribution < 1.29 is 9.59 Å². The third-order valence-electron chi connectivity index (χ3n) is 6.72. The number of carbonyl (C=O) groups is 2. The van der Waals surface area contributed by atoms with Gasteiger partial charge in [0.2, 0.25) is 11.8 Å². The average molecular weight is 425 g/mol. The summed E-state index contributed by atoms with van der Waals surface area (Å²) in [5.74, 6) is 1.12. The number of rotatable bonds is 5. The first-order chi connectivity index (χ1) is 15.0. The zero-order chi connectivity index (χ0) is 21.5. The highest BCUT2D eigenvalue weighted by atomic mass is 16.2. The van der Waals surface area contributed by atoms with Crippen LogP contribution in [0.25, 0.3) is 0 Å². The standard InChI is InChI=1S/C22H28N6O3/c1-14-4-8-23-28(14)11-7-19(29)26-9-5-16(12-26)20-24-18-13-27(22(31)15-2-3-15)10-6-17(18)21(30)25-20/h4,8,15-16H,2-3,5-7,9-13H2,1H3,(H,24,25,30)/t16-/m0/s1. The lowest BCUT2D eigenvalue weighted by Gasteiger charge is -2.28. The Bertz CT molecular complexity index is 1070. The number of hydrogen-bond donors (Lipinski definition) is 1. The number of amides is 2. The molecule has 1 aliphatic carbocycles. The minimum atomic E-state index is -0.0996. The van der Waals surface area contributed by atoms with Gasteiger partial charge in [-0.3, -0.25) is 19.1 Å². The van der Waals surface area contributed by atoms with Gasteiger partial charge in [-0.1, -0.05) is 0 Å². The average Bonchev–Trinajstić information content (AvgIpc) is 3.35. The Balaban J connectivity index is 1.25. The van der Waals surface area contributed by atoms with Crippen molar-refractivity contribution >= 4 is 11.8 Å². The molecular formula is C22H28N6O3. The molecule has 31 heavy (non-hydrogen) atoms. The van der Waals surface area contributed by atoms with Crippen LogP contribution < -0.4 is 5.56 Å². The number of aromatic nitrogens is 4. The molecule has 4 heterocycles. The molecule has 2 aliphatic heterocycles. The van der Waals surface area contributed by atoms with E-state index in [1.54, 1.807) is 6.20 Å². The summed E-state index contributed by atoms with van der Waals surface area (Å²) in [4.78, 5) is 49.2. The minimum absolute atomic E-state index is 0.0166. The summed E-state index contributed by atoms with van der Waals surface area (Å²) in [6, 6.07) is 1.92. The van der Waals surface area contributed by atoms with Gasteiger partial charge in [0.1, 0.15) is 5.82 Å². The molecule has 1 saturated carbocycles. The van der Waals surface area contributed by atoms with Crippen molar-refractivity contribution in [1.82, 2.24) is 29.5 Å². The van der Waals surface area contributed by atoms with Crippen LogP contribution >= 0.6 is 0 Å². The maximum atomic E-state index is 12.7. The highest BCUT2D eigenvalue weighted by Gasteiger charge is 2.36. The van der Waals surface area contributed by atoms with Gasteiger partial charge in [-0.05, 0) is 38.7 Å². The van der Waals surface area contributed by atoms with Crippen molar-refractivity contribution in [2.75, 3.05) is 19.6 Å². The Kier molecular flexibility index (Phi) is 5.11. The van der Waals surface area contributed by atoms with E-state index >= 15 is 0 Å². The summed E-state index contributed by atoms with van der Waals surface area (Å²) in [7, 11) is 0. The SMILES string of the molecule is Cc1ccnn1CCC(=O)N1CC[C@H](c2nc3c(c(=O)[nH]2)CCN(C(=O)C2CC2)C3)C1. The molecule has 3 aliphatic rings. The van der Waals surface area contributed by atoms with E-state index in [1.807, 2.05) is 27.5 Å². The first-order valence-electron chi connectivity index (χ1n) is 11.2. The monoisotopic (exact) mass is 424 g/mol. The number of nitrogens with zero attached hydrogens (tertiary/aromatic N) is 5. The molecule has 1 saturated heterocycles. The van der Waals surface area contributed by atoms with Crippen molar-refractivity contribution in [2.45, 2.75) is 58.0 Å². The predicted octanol–water partition coefficient (Wildman–Crippen LogP) is 0.976. The van der Waals surface area contributed by atoms with Crippen LogP contribution in [0.3, 0.4) is 0 Å². The van der Waals surface area contributed by atoms with E-state index in [2.05, 4.69) is 10.1 Å². The summed E-state index contributed by atoms with van der Waals surface area (Å²) in [6.45, 7) is 4.77. The molecule has 2 aromatic heterocycles. The van der Waals surface area contributed by atoms with Gasteiger partial charge in [0.25, 0.3) is 5.56 Å². The molecule has 9 nitrogen and oxygen atoms in total. The molecule has 1 atom stereocenters. The number of hydrogen-bond acceptors (Lipinski definition) is 5. The molecule has 0 radical (unpaired) electrons. The second kappa shape index (κ2) is 7.94. The van der Waals surface area contributed by atoms with Crippen molar-refractivity contribution in [3.8, 4) is 0 Å². The van der Waals surface area contributed by atoms with Crippen LogP contribution in [0.4, 0.5) is 0 Å². The second-order valence-electron chi connectivity index (χ2n) is 8.93. The van der Waals surface area contributed by atoms with Crippen LogP contribution in [-0.4, -0.2) is 61.0 Å². The summed E-state index contributed by atoms with van der Waals surface area (Å²) < 4.78 is 1.84. The normalized spacial score (nSPS) is 20.7. The van der Waals surface area contributed by atoms with E-state index in [4.69, 9.17) is 4.98 Å². The number of carbonyl (C=O) groups excluding carboxylic acids is 2. The number of nitrogens with one attached hydrogen (secondary N) is 1. The molecule has 2 fully saturated rings. The highest BCUT2D eigenvalue weighted by molar-refractivity contribution is 5.81. The molecule has 2 amide bonds. The molecule has 0 bridgehead atoms. The zero-order valence-corrected chi connectivity index (χ0v) is 17.8. The van der Waals surface area contributed by atoms with Gasteiger partial charge in [-0.15, -0.1) is 0 Å². The van der Waals surface area contributed by atoms with E-state index in [1.165, 1.54) is 0 Å². The van der Waals surface area contributed by atoms with E-state index in [9.17, 15) is 14.4 Å². The van der Waals surface area contributed by atoms with Crippen LogP contribution in [0.5, 0.6) is 0 Å². The lowest BCUT2D eigenvalue weighted by atomic mass is 10.0. The topological polar surface area (TPSA) is 104 Å². The summed E-state index contributed by atoms with van der Waals surface area (Å²) in [6.07, 6.45) is 5.42. The fraction of sp³-hybridized carbons (Fsp3) is 0.591. The molecule has 2 aromatic rings. The van der Waals surface area contributed by atoms with Crippen molar-refractivity contribution in [2.24, 2.45) is 5.92 Å². The van der Waals surface area contributed by atoms with E-state index in [-0.39, 0.29) is 29.2 Å². The molecule has 1 N–H and O–H groups in total. The van der Waals surface area contributed by atoms with E-state index in [0.717, 1.165) is 30.7 Å². The fourth-order valence-electron chi connectivity index (χ4n) is 4.63. The molecular weight excluding hydrogens is 396 g/mol. The Morgan fingerprint density at radius 3 is 2.77 bits per heavy atom. The highest BCUT2D eigenvalue weighted by Crippen LogP contribution is 2.32. The second-order valence-corrected chi connectivity index (χ2v) is 8.93. The zero-order valence-electron chi connectivity index (χ0n) is 17.8. The molecule has 0 unspecified atom stereocenters. The number of H-pyrrole nitrogens is 1. The quantitative estimate of drug-likeness (QED) is 0.770. The first kappa shape index (κ1) is 20.0. The van der Waals surface area contributed by atoms with Crippen molar-refractivity contribution in [3.63, 3.8) is 0 Å². The Hall–Kier alpha value is -2.97. The number of likely N-dealkylation sites (tertiary alicyclic amines) is 1. The van der Waals surface area contributed by atoms with Crippen molar-refractivity contribution in [1.29, 1.82) is 0 Å². The lowest BCUT2D eigenvalue weighted by molar-refractivity contribution is -0.133. The molecule has 9 heteroatoms. The number of aryl methyl sites for hydroxylation is 2. The Morgan fingerprint density at radius 2 is 2.03 bits per heavy atom. The summed E-state index contributed by atoms with van der Waals surface area (Å²) in [5, 5.41) is 4.23.